The van der Waals surface area contributed by atoms with Crippen LogP contribution in [-0.2, 0) is 11.3 Å². The van der Waals surface area contributed by atoms with Gasteiger partial charge in [0.25, 0.3) is 5.56 Å². The first-order chi connectivity index (χ1) is 17.0. The molecule has 1 atom stereocenters. The molecule has 3 heterocycles. The van der Waals surface area contributed by atoms with Gasteiger partial charge in [-0.3, -0.25) is 14.2 Å². The van der Waals surface area contributed by atoms with E-state index in [1.807, 2.05) is 73.3 Å². The zero-order valence-electron chi connectivity index (χ0n) is 20.1. The van der Waals surface area contributed by atoms with Crippen molar-refractivity contribution in [2.45, 2.75) is 33.2 Å². The number of carbonyl (C=O) groups is 1. The number of pyridine rings is 1. The summed E-state index contributed by atoms with van der Waals surface area (Å²) in [5, 5.41) is 3.07. The fourth-order valence-electron chi connectivity index (χ4n) is 4.86. The number of fused-ring (bicyclic) bond motifs is 1. The smallest absolute Gasteiger partial charge is 0.295 e. The van der Waals surface area contributed by atoms with E-state index >= 15 is 0 Å². The van der Waals surface area contributed by atoms with Gasteiger partial charge in [0.05, 0.1) is 12.5 Å². The van der Waals surface area contributed by atoms with E-state index in [1.165, 1.54) is 0 Å². The van der Waals surface area contributed by atoms with Crippen LogP contribution in [-0.4, -0.2) is 33.5 Å². The summed E-state index contributed by atoms with van der Waals surface area (Å²) in [5.41, 5.74) is 5.09. The Morgan fingerprint density at radius 3 is 2.60 bits per heavy atom. The standard InChI is InChI=1S/C28H29N5O2/c1-19-14-20(2)16-23(15-19)30-27(34)22-10-7-13-32(18-22)26-28(35)33(17-21-8-4-3-5-9-21)25-24(31-26)11-6-12-29-25/h3-6,8-9,11-12,14-16,22H,7,10,13,17-18H2,1-2H3,(H,30,34)/t22-/m1/s1. The van der Waals surface area contributed by atoms with Crippen LogP contribution in [0.15, 0.2) is 71.7 Å². The Labute approximate surface area is 204 Å². The number of nitrogens with zero attached hydrogens (tertiary/aromatic N) is 4. The molecule has 5 rings (SSSR count). The molecule has 2 aromatic carbocycles. The highest BCUT2D eigenvalue weighted by Gasteiger charge is 2.29. The van der Waals surface area contributed by atoms with Gasteiger partial charge < -0.3 is 10.2 Å². The predicted molar refractivity (Wildman–Crippen MR) is 139 cm³/mol. The zero-order chi connectivity index (χ0) is 24.4. The number of nitrogens with one attached hydrogen (secondary N) is 1. The summed E-state index contributed by atoms with van der Waals surface area (Å²) >= 11 is 0. The van der Waals surface area contributed by atoms with E-state index in [1.54, 1.807) is 10.8 Å². The van der Waals surface area contributed by atoms with Crippen molar-refractivity contribution in [2.24, 2.45) is 5.92 Å². The molecular formula is C28H29N5O2. The number of aryl methyl sites for hydroxylation is 2. The molecule has 0 radical (unpaired) electrons. The van der Waals surface area contributed by atoms with Crippen LogP contribution in [0, 0.1) is 19.8 Å². The number of hydrogen-bond acceptors (Lipinski definition) is 5. The van der Waals surface area contributed by atoms with Crippen molar-refractivity contribution in [3.05, 3.63) is 93.9 Å². The SMILES string of the molecule is Cc1cc(C)cc(NC(=O)[C@@H]2CCCN(c3nc4cccnc4n(Cc4ccccc4)c3=O)C2)c1. The van der Waals surface area contributed by atoms with Crippen molar-refractivity contribution in [3.63, 3.8) is 0 Å². The molecule has 0 spiro atoms. The topological polar surface area (TPSA) is 80.1 Å². The van der Waals surface area contributed by atoms with E-state index in [4.69, 9.17) is 4.98 Å². The largest absolute Gasteiger partial charge is 0.351 e. The van der Waals surface area contributed by atoms with Crippen LogP contribution in [0.5, 0.6) is 0 Å². The van der Waals surface area contributed by atoms with Crippen molar-refractivity contribution >= 4 is 28.6 Å². The fourth-order valence-corrected chi connectivity index (χ4v) is 4.86. The number of amides is 1. The second-order valence-electron chi connectivity index (χ2n) is 9.31. The average Bonchev–Trinajstić information content (AvgIpc) is 2.85. The minimum absolute atomic E-state index is 0.0215. The van der Waals surface area contributed by atoms with E-state index in [-0.39, 0.29) is 17.4 Å². The lowest BCUT2D eigenvalue weighted by molar-refractivity contribution is -0.120. The lowest BCUT2D eigenvalue weighted by atomic mass is 9.97. The normalized spacial score (nSPS) is 15.8. The number of hydrogen-bond donors (Lipinski definition) is 1. The molecule has 7 heteroatoms. The zero-order valence-corrected chi connectivity index (χ0v) is 20.1. The van der Waals surface area contributed by atoms with Crippen molar-refractivity contribution in [1.29, 1.82) is 0 Å². The van der Waals surface area contributed by atoms with Gasteiger partial charge in [0.15, 0.2) is 11.5 Å². The van der Waals surface area contributed by atoms with Gasteiger partial charge in [-0.05, 0) is 67.6 Å². The molecule has 178 valence electrons. The number of rotatable bonds is 5. The fraction of sp³-hybridized carbons (Fsp3) is 0.286. The molecular weight excluding hydrogens is 438 g/mol. The third kappa shape index (κ3) is 4.94. The minimum atomic E-state index is -0.224. The average molecular weight is 468 g/mol. The van der Waals surface area contributed by atoms with Gasteiger partial charge in [-0.1, -0.05) is 36.4 Å². The van der Waals surface area contributed by atoms with Crippen LogP contribution in [0.2, 0.25) is 0 Å². The Kier molecular flexibility index (Phi) is 6.31. The van der Waals surface area contributed by atoms with Crippen LogP contribution in [0.4, 0.5) is 11.5 Å². The molecule has 7 nitrogen and oxygen atoms in total. The number of benzene rings is 2. The summed E-state index contributed by atoms with van der Waals surface area (Å²) in [6, 6.07) is 19.6. The van der Waals surface area contributed by atoms with Gasteiger partial charge in [-0.15, -0.1) is 0 Å². The summed E-state index contributed by atoms with van der Waals surface area (Å²) in [4.78, 5) is 37.9. The molecule has 0 bridgehead atoms. The van der Waals surface area contributed by atoms with Crippen LogP contribution in [0.1, 0.15) is 29.5 Å². The predicted octanol–water partition coefficient (Wildman–Crippen LogP) is 4.31. The molecule has 0 saturated carbocycles. The van der Waals surface area contributed by atoms with Gasteiger partial charge in [0.1, 0.15) is 5.52 Å². The second kappa shape index (κ2) is 9.70. The monoisotopic (exact) mass is 467 g/mol. The van der Waals surface area contributed by atoms with Gasteiger partial charge in [0, 0.05) is 25.0 Å². The van der Waals surface area contributed by atoms with Gasteiger partial charge in [0.2, 0.25) is 5.91 Å². The van der Waals surface area contributed by atoms with E-state index < -0.39 is 0 Å². The quantitative estimate of drug-likeness (QED) is 0.473. The van der Waals surface area contributed by atoms with E-state index in [0.29, 0.717) is 36.6 Å². The summed E-state index contributed by atoms with van der Waals surface area (Å²) in [5.74, 6) is 0.134. The highest BCUT2D eigenvalue weighted by molar-refractivity contribution is 5.93. The van der Waals surface area contributed by atoms with Crippen molar-refractivity contribution in [3.8, 4) is 0 Å². The third-order valence-electron chi connectivity index (χ3n) is 6.45. The number of piperidine rings is 1. The molecule has 0 aliphatic carbocycles. The van der Waals surface area contributed by atoms with E-state index in [2.05, 4.69) is 16.4 Å². The molecule has 4 aromatic rings. The number of aromatic nitrogens is 3. The van der Waals surface area contributed by atoms with E-state index in [0.717, 1.165) is 35.2 Å². The van der Waals surface area contributed by atoms with Crippen LogP contribution in [0.25, 0.3) is 11.2 Å². The Bertz CT molecular complexity index is 1410. The molecule has 1 saturated heterocycles. The van der Waals surface area contributed by atoms with Crippen LogP contribution >= 0.6 is 0 Å². The second-order valence-corrected chi connectivity index (χ2v) is 9.31. The minimum Gasteiger partial charge on any atom is -0.351 e. The molecule has 1 aliphatic heterocycles. The Hall–Kier alpha value is -4.00. The summed E-state index contributed by atoms with van der Waals surface area (Å²) in [6.07, 6.45) is 3.27. The first-order valence-electron chi connectivity index (χ1n) is 12.0. The first-order valence-corrected chi connectivity index (χ1v) is 12.0. The van der Waals surface area contributed by atoms with Crippen LogP contribution < -0.4 is 15.8 Å². The maximum Gasteiger partial charge on any atom is 0.295 e. The third-order valence-corrected chi connectivity index (χ3v) is 6.45. The van der Waals surface area contributed by atoms with Crippen LogP contribution in [0.3, 0.4) is 0 Å². The summed E-state index contributed by atoms with van der Waals surface area (Å²) < 4.78 is 1.69. The molecule has 1 N–H and O–H groups in total. The molecule has 1 amide bonds. The molecule has 35 heavy (non-hydrogen) atoms. The number of carbonyl (C=O) groups excluding carboxylic acids is 1. The van der Waals surface area contributed by atoms with Crippen molar-refractivity contribution in [2.75, 3.05) is 23.3 Å². The van der Waals surface area contributed by atoms with Gasteiger partial charge in [-0.25, -0.2) is 9.97 Å². The molecule has 1 aliphatic rings. The van der Waals surface area contributed by atoms with Crippen molar-refractivity contribution < 1.29 is 4.79 Å². The van der Waals surface area contributed by atoms with E-state index in [9.17, 15) is 9.59 Å². The molecule has 1 fully saturated rings. The first kappa shape index (κ1) is 22.8. The highest BCUT2D eigenvalue weighted by atomic mass is 16.2. The van der Waals surface area contributed by atoms with Gasteiger partial charge in [-0.2, -0.15) is 0 Å². The lowest BCUT2D eigenvalue weighted by Crippen LogP contribution is -2.44. The Morgan fingerprint density at radius 2 is 1.83 bits per heavy atom. The summed E-state index contributed by atoms with van der Waals surface area (Å²) in [6.45, 7) is 5.59. The highest BCUT2D eigenvalue weighted by Crippen LogP contribution is 2.23. The Balaban J connectivity index is 1.44. The lowest BCUT2D eigenvalue weighted by Gasteiger charge is -2.32. The maximum absolute atomic E-state index is 13.6. The number of anilines is 2. The molecule has 0 unspecified atom stereocenters. The van der Waals surface area contributed by atoms with Gasteiger partial charge >= 0.3 is 0 Å². The Morgan fingerprint density at radius 1 is 1.06 bits per heavy atom. The molecule has 2 aromatic heterocycles. The summed E-state index contributed by atoms with van der Waals surface area (Å²) in [7, 11) is 0. The maximum atomic E-state index is 13.6. The van der Waals surface area contributed by atoms with Crippen molar-refractivity contribution in [1.82, 2.24) is 14.5 Å².